The molecule has 0 spiro atoms. The van der Waals surface area contributed by atoms with Crippen molar-refractivity contribution < 1.29 is 32.9 Å². The van der Waals surface area contributed by atoms with Crippen LogP contribution in [0, 0.1) is 0 Å². The van der Waals surface area contributed by atoms with Crippen molar-refractivity contribution in [1.82, 2.24) is 0 Å². The molecule has 0 heterocycles. The van der Waals surface area contributed by atoms with Gasteiger partial charge in [0, 0.05) is 0 Å². The fourth-order valence-electron chi connectivity index (χ4n) is 0.199. The van der Waals surface area contributed by atoms with Crippen LogP contribution in [0.5, 0.6) is 0 Å². The Balaban J connectivity index is 2.82. The molecular weight excluding hydrogens is 187 g/mol. The summed E-state index contributed by atoms with van der Waals surface area (Å²) in [7, 11) is 0. The van der Waals surface area contributed by atoms with Crippen molar-refractivity contribution in [2.45, 2.75) is 6.55 Å². The predicted octanol–water partition coefficient (Wildman–Crippen LogP) is -0.340. The Morgan fingerprint density at radius 2 is 2.43 bits per heavy atom. The van der Waals surface area contributed by atoms with Crippen LogP contribution in [0.15, 0.2) is 0 Å². The molecule has 0 aliphatic rings. The molecule has 0 radical (unpaired) electrons. The van der Waals surface area contributed by atoms with Gasteiger partial charge in [-0.05, 0) is 0 Å². The zero-order chi connectivity index (χ0) is 5.70. The molecule has 0 saturated heterocycles. The molecule has 0 aromatic carbocycles. The summed E-state index contributed by atoms with van der Waals surface area (Å²) >= 11 is 1.47. The van der Waals surface area contributed by atoms with Gasteiger partial charge in [-0.15, -0.1) is 0 Å². The third kappa shape index (κ3) is 7.02. The predicted molar refractivity (Wildman–Crippen MR) is 24.7 cm³/mol. The van der Waals surface area contributed by atoms with Gasteiger partial charge in [0.25, 0.3) is 0 Å². The van der Waals surface area contributed by atoms with Crippen LogP contribution in [0.2, 0.25) is 6.55 Å². The first-order valence-electron chi connectivity index (χ1n) is 2.06. The Morgan fingerprint density at radius 3 is 2.57 bits per heavy atom. The molecule has 0 rings (SSSR count). The summed E-state index contributed by atoms with van der Waals surface area (Å²) in [5, 5.41) is 8.22. The summed E-state index contributed by atoms with van der Waals surface area (Å²) < 4.78 is 5.08. The van der Waals surface area contributed by atoms with E-state index in [1.807, 2.05) is 0 Å². The van der Waals surface area contributed by atoms with E-state index in [0.29, 0.717) is 6.61 Å². The summed E-state index contributed by atoms with van der Waals surface area (Å²) in [6, 6.07) is 0. The summed E-state index contributed by atoms with van der Waals surface area (Å²) in [4.78, 5) is 0. The maximum absolute atomic E-state index is 8.22. The monoisotopic (exact) mass is 194 g/mol. The second kappa shape index (κ2) is 5.16. The molecule has 0 atom stereocenters. The summed E-state index contributed by atoms with van der Waals surface area (Å²) in [5.74, 6) is 0. The zero-order valence-corrected chi connectivity index (χ0v) is 7.73. The van der Waals surface area contributed by atoms with Crippen molar-refractivity contribution in [3.8, 4) is 0 Å². The average Bonchev–Trinajstić information content (AvgIpc) is 1.61. The fraction of sp³-hybridized carbons (Fsp3) is 1.00. The van der Waals surface area contributed by atoms with E-state index in [1.54, 1.807) is 0 Å². The first-order chi connectivity index (χ1) is 3.27. The molecule has 4 heteroatoms. The van der Waals surface area contributed by atoms with Gasteiger partial charge in [0.1, 0.15) is 0 Å². The van der Waals surface area contributed by atoms with Gasteiger partial charge in [-0.3, -0.25) is 0 Å². The Hall–Kier alpha value is 1.02. The second-order valence-corrected chi connectivity index (χ2v) is 7.72. The topological polar surface area (TPSA) is 29.5 Å². The van der Waals surface area contributed by atoms with Gasteiger partial charge in [-0.2, -0.15) is 0 Å². The van der Waals surface area contributed by atoms with Crippen molar-refractivity contribution in [2.75, 3.05) is 13.2 Å². The average molecular weight is 195 g/mol. The van der Waals surface area contributed by atoms with Gasteiger partial charge in [-0.1, -0.05) is 0 Å². The first-order valence-corrected chi connectivity index (χ1v) is 7.65. The van der Waals surface area contributed by atoms with E-state index >= 15 is 0 Å². The van der Waals surface area contributed by atoms with Crippen LogP contribution < -0.4 is 0 Å². The summed E-state index contributed by atoms with van der Waals surface area (Å²) in [5.41, 5.74) is -0.467. The van der Waals surface area contributed by atoms with E-state index in [4.69, 9.17) is 9.53 Å². The molecule has 0 amide bonds. The normalized spacial score (nSPS) is 9.14. The molecule has 38 valence electrons. The van der Waals surface area contributed by atoms with Crippen LogP contribution in [0.1, 0.15) is 0 Å². The number of aliphatic hydroxyl groups is 1. The molecule has 0 fully saturated rings. The molecule has 0 aromatic rings. The molecule has 0 unspecified atom stereocenters. The van der Waals surface area contributed by atoms with Crippen LogP contribution in [0.3, 0.4) is 0 Å². The van der Waals surface area contributed by atoms with Crippen molar-refractivity contribution in [1.29, 1.82) is 0 Å². The number of hydrogen-bond acceptors (Lipinski definition) is 2. The van der Waals surface area contributed by atoms with E-state index in [2.05, 4.69) is 6.55 Å². The maximum atomic E-state index is 8.22. The second-order valence-electron chi connectivity index (χ2n) is 1.13. The first kappa shape index (κ1) is 8.02. The molecule has 2 nitrogen and oxygen atoms in total. The molecule has 0 aliphatic carbocycles. The van der Waals surface area contributed by atoms with Crippen LogP contribution in [0.4, 0.5) is 0 Å². The van der Waals surface area contributed by atoms with Gasteiger partial charge in [0.2, 0.25) is 0 Å². The summed E-state index contributed by atoms with van der Waals surface area (Å²) in [6.45, 7) is 2.77. The van der Waals surface area contributed by atoms with Gasteiger partial charge >= 0.3 is 58.3 Å². The van der Waals surface area contributed by atoms with E-state index in [1.165, 1.54) is 23.3 Å². The molecule has 0 aromatic heterocycles. The van der Waals surface area contributed by atoms with Crippen LogP contribution in [0.25, 0.3) is 0 Å². The third-order valence-electron chi connectivity index (χ3n) is 0.410. The molecule has 0 aliphatic heterocycles. The molecule has 0 saturated carbocycles. The van der Waals surface area contributed by atoms with Crippen molar-refractivity contribution in [3.63, 3.8) is 0 Å². The van der Waals surface area contributed by atoms with Crippen molar-refractivity contribution in [3.05, 3.63) is 0 Å². The van der Waals surface area contributed by atoms with Gasteiger partial charge < -0.3 is 0 Å². The quantitative estimate of drug-likeness (QED) is 0.625. The van der Waals surface area contributed by atoms with Crippen LogP contribution in [-0.4, -0.2) is 24.0 Å². The molecule has 7 heavy (non-hydrogen) atoms. The standard InChI is InChI=1S/C3H8O2Si.Zr/c1-6-5-3-2-4;/h4H,2-3H2,1H3;/q;+2. The Morgan fingerprint density at radius 1 is 1.86 bits per heavy atom. The Bertz CT molecular complexity index is 66.0. The van der Waals surface area contributed by atoms with E-state index < -0.39 is 5.68 Å². The number of hydrogen-bond donors (Lipinski definition) is 1. The van der Waals surface area contributed by atoms with Crippen LogP contribution >= 0.6 is 0 Å². The summed E-state index contributed by atoms with van der Waals surface area (Å²) in [6.07, 6.45) is 0. The van der Waals surface area contributed by atoms with E-state index in [0.717, 1.165) is 0 Å². The van der Waals surface area contributed by atoms with Gasteiger partial charge in [0.15, 0.2) is 0 Å². The van der Waals surface area contributed by atoms with Gasteiger partial charge in [0.05, 0.1) is 0 Å². The van der Waals surface area contributed by atoms with E-state index in [9.17, 15) is 0 Å². The van der Waals surface area contributed by atoms with Crippen molar-refractivity contribution in [2.24, 2.45) is 0 Å². The number of rotatable bonds is 3. The van der Waals surface area contributed by atoms with E-state index in [-0.39, 0.29) is 6.61 Å². The Kier molecular flexibility index (Phi) is 5.91. The van der Waals surface area contributed by atoms with Crippen molar-refractivity contribution >= 4 is 5.68 Å². The van der Waals surface area contributed by atoms with Gasteiger partial charge in [-0.25, -0.2) is 0 Å². The third-order valence-corrected chi connectivity index (χ3v) is 2.11. The SMILES string of the molecule is C[Si](=[Zr+2])OCCO. The molecule has 1 N–H and O–H groups in total. The fourth-order valence-corrected chi connectivity index (χ4v) is 1.35. The Labute approximate surface area is 58.4 Å². The molecule has 0 bridgehead atoms. The molecular formula is C3H8O2SiZr+2. The number of aliphatic hydroxyl groups excluding tert-OH is 1. The van der Waals surface area contributed by atoms with Crippen LogP contribution in [-0.2, 0) is 27.8 Å². The minimum absolute atomic E-state index is 0.163. The minimum atomic E-state index is -0.467. The zero-order valence-electron chi connectivity index (χ0n) is 4.27.